The molecule has 0 saturated carbocycles. The Morgan fingerprint density at radius 2 is 2.12 bits per heavy atom. The van der Waals surface area contributed by atoms with Crippen molar-refractivity contribution in [2.75, 3.05) is 13.1 Å². The summed E-state index contributed by atoms with van der Waals surface area (Å²) in [6, 6.07) is 0. The molecule has 1 atom stereocenters. The lowest BCUT2D eigenvalue weighted by Crippen LogP contribution is -2.42. The second-order valence-corrected chi connectivity index (χ2v) is 7.04. The second kappa shape index (κ2) is 6.59. The van der Waals surface area contributed by atoms with Crippen LogP contribution in [-0.4, -0.2) is 49.8 Å². The average molecular weight is 329 g/mol. The third kappa shape index (κ3) is 3.72. The highest BCUT2D eigenvalue weighted by molar-refractivity contribution is 5.68. The summed E-state index contributed by atoms with van der Waals surface area (Å²) in [6.07, 6.45) is 8.56. The molecule has 0 spiro atoms. The molecule has 0 radical (unpaired) electrons. The molecule has 2 aromatic rings. The van der Waals surface area contributed by atoms with Crippen molar-refractivity contribution in [3.63, 3.8) is 0 Å². The van der Waals surface area contributed by atoms with Gasteiger partial charge < -0.3 is 9.64 Å². The number of piperidine rings is 1. The van der Waals surface area contributed by atoms with Crippen LogP contribution in [0.1, 0.15) is 45.2 Å². The van der Waals surface area contributed by atoms with Crippen molar-refractivity contribution >= 4 is 6.09 Å². The molecule has 0 unspecified atom stereocenters. The highest BCUT2D eigenvalue weighted by atomic mass is 16.6. The number of H-pyrrole nitrogens is 1. The summed E-state index contributed by atoms with van der Waals surface area (Å²) in [5, 5.41) is 6.80. The fourth-order valence-electron chi connectivity index (χ4n) is 2.94. The molecule has 1 aliphatic heterocycles. The lowest BCUT2D eigenvalue weighted by Gasteiger charge is -2.34. The van der Waals surface area contributed by atoms with Crippen molar-refractivity contribution in [1.82, 2.24) is 25.1 Å². The van der Waals surface area contributed by atoms with E-state index in [-0.39, 0.29) is 12.0 Å². The van der Waals surface area contributed by atoms with Gasteiger partial charge in [0.05, 0.1) is 17.6 Å². The number of ether oxygens (including phenoxy) is 1. The van der Waals surface area contributed by atoms with Crippen molar-refractivity contribution in [2.24, 2.45) is 0 Å². The minimum Gasteiger partial charge on any atom is -0.444 e. The number of nitrogens with zero attached hydrogens (tertiary/aromatic N) is 4. The van der Waals surface area contributed by atoms with Gasteiger partial charge >= 0.3 is 6.09 Å². The summed E-state index contributed by atoms with van der Waals surface area (Å²) < 4.78 is 5.50. The minimum atomic E-state index is -0.488. The van der Waals surface area contributed by atoms with E-state index in [4.69, 9.17) is 4.74 Å². The molecule has 1 saturated heterocycles. The number of carbonyl (C=O) groups excluding carboxylic acids is 1. The van der Waals surface area contributed by atoms with Gasteiger partial charge in [-0.1, -0.05) is 0 Å². The van der Waals surface area contributed by atoms with E-state index in [0.717, 1.165) is 29.8 Å². The van der Waals surface area contributed by atoms with Crippen molar-refractivity contribution < 1.29 is 9.53 Å². The van der Waals surface area contributed by atoms with E-state index in [1.54, 1.807) is 23.5 Å². The largest absolute Gasteiger partial charge is 0.444 e. The predicted molar refractivity (Wildman–Crippen MR) is 89.4 cm³/mol. The minimum absolute atomic E-state index is 0.143. The van der Waals surface area contributed by atoms with Crippen LogP contribution in [0.2, 0.25) is 0 Å². The maximum absolute atomic E-state index is 12.4. The maximum atomic E-state index is 12.4. The number of carbonyl (C=O) groups is 1. The molecular weight excluding hydrogens is 306 g/mol. The van der Waals surface area contributed by atoms with Crippen LogP contribution >= 0.6 is 0 Å². The lowest BCUT2D eigenvalue weighted by molar-refractivity contribution is 0.0197. The van der Waals surface area contributed by atoms with Gasteiger partial charge in [-0.05, 0) is 33.6 Å². The Hall–Kier alpha value is -2.44. The molecule has 3 rings (SSSR count). The van der Waals surface area contributed by atoms with E-state index < -0.39 is 5.60 Å². The molecule has 0 aromatic carbocycles. The van der Waals surface area contributed by atoms with E-state index in [1.807, 2.05) is 27.0 Å². The van der Waals surface area contributed by atoms with Gasteiger partial charge in [0.15, 0.2) is 0 Å². The van der Waals surface area contributed by atoms with Crippen LogP contribution in [0.4, 0.5) is 4.79 Å². The van der Waals surface area contributed by atoms with Crippen molar-refractivity contribution in [3.8, 4) is 11.3 Å². The maximum Gasteiger partial charge on any atom is 0.410 e. The van der Waals surface area contributed by atoms with Gasteiger partial charge in [-0.15, -0.1) is 0 Å². The Morgan fingerprint density at radius 3 is 2.83 bits per heavy atom. The van der Waals surface area contributed by atoms with Gasteiger partial charge in [0.1, 0.15) is 5.60 Å². The van der Waals surface area contributed by atoms with Crippen molar-refractivity contribution in [3.05, 3.63) is 30.5 Å². The number of aromatic nitrogens is 4. The number of hydrogen-bond donors (Lipinski definition) is 1. The first-order valence-electron chi connectivity index (χ1n) is 8.22. The first kappa shape index (κ1) is 16.4. The Bertz CT molecular complexity index is 693. The van der Waals surface area contributed by atoms with Crippen LogP contribution in [0.25, 0.3) is 11.3 Å². The zero-order chi connectivity index (χ0) is 17.2. The van der Waals surface area contributed by atoms with Crippen LogP contribution in [0.5, 0.6) is 0 Å². The smallest absolute Gasteiger partial charge is 0.410 e. The topological polar surface area (TPSA) is 84.0 Å². The summed E-state index contributed by atoms with van der Waals surface area (Å²) in [5.74, 6) is 0.143. The summed E-state index contributed by atoms with van der Waals surface area (Å²) in [5.41, 5.74) is 2.15. The summed E-state index contributed by atoms with van der Waals surface area (Å²) in [6.45, 7) is 6.95. The SMILES string of the molecule is CC(C)(C)OC(=O)N1CCC[C@@H](c2nccnc2-c2cn[nH]c2)C1. The van der Waals surface area contributed by atoms with Gasteiger partial charge in [-0.2, -0.15) is 5.10 Å². The molecule has 7 nitrogen and oxygen atoms in total. The van der Waals surface area contributed by atoms with Gasteiger partial charge in [0.2, 0.25) is 0 Å². The third-order valence-electron chi connectivity index (χ3n) is 3.96. The number of aromatic amines is 1. The van der Waals surface area contributed by atoms with E-state index >= 15 is 0 Å². The third-order valence-corrected chi connectivity index (χ3v) is 3.96. The molecule has 1 aliphatic rings. The van der Waals surface area contributed by atoms with Gasteiger partial charge in [-0.3, -0.25) is 15.1 Å². The Balaban J connectivity index is 1.80. The summed E-state index contributed by atoms with van der Waals surface area (Å²) in [4.78, 5) is 23.1. The van der Waals surface area contributed by atoms with Gasteiger partial charge in [0, 0.05) is 43.2 Å². The normalized spacial score (nSPS) is 18.5. The molecule has 1 amide bonds. The molecule has 0 bridgehead atoms. The Morgan fingerprint density at radius 1 is 1.33 bits per heavy atom. The molecule has 0 aliphatic carbocycles. The van der Waals surface area contributed by atoms with Gasteiger partial charge in [0.25, 0.3) is 0 Å². The van der Waals surface area contributed by atoms with E-state index in [9.17, 15) is 4.79 Å². The van der Waals surface area contributed by atoms with Crippen LogP contribution in [-0.2, 0) is 4.74 Å². The molecule has 24 heavy (non-hydrogen) atoms. The molecule has 7 heteroatoms. The van der Waals surface area contributed by atoms with Crippen LogP contribution in [0, 0.1) is 0 Å². The van der Waals surface area contributed by atoms with E-state index in [1.165, 1.54) is 0 Å². The number of hydrogen-bond acceptors (Lipinski definition) is 5. The Labute approximate surface area is 141 Å². The predicted octanol–water partition coefficient (Wildman–Crippen LogP) is 2.98. The quantitative estimate of drug-likeness (QED) is 0.915. The van der Waals surface area contributed by atoms with Crippen LogP contribution in [0.3, 0.4) is 0 Å². The fourth-order valence-corrected chi connectivity index (χ4v) is 2.94. The average Bonchev–Trinajstić information content (AvgIpc) is 3.08. The Kier molecular flexibility index (Phi) is 4.51. The van der Waals surface area contributed by atoms with Gasteiger partial charge in [-0.25, -0.2) is 4.79 Å². The van der Waals surface area contributed by atoms with Crippen molar-refractivity contribution in [1.29, 1.82) is 0 Å². The fraction of sp³-hybridized carbons (Fsp3) is 0.529. The van der Waals surface area contributed by atoms with E-state index in [2.05, 4.69) is 20.2 Å². The number of amides is 1. The van der Waals surface area contributed by atoms with E-state index in [0.29, 0.717) is 13.1 Å². The highest BCUT2D eigenvalue weighted by Crippen LogP contribution is 2.31. The molecule has 1 fully saturated rings. The molecule has 3 heterocycles. The summed E-state index contributed by atoms with van der Waals surface area (Å²) in [7, 11) is 0. The number of rotatable bonds is 2. The molecule has 1 N–H and O–H groups in total. The summed E-state index contributed by atoms with van der Waals surface area (Å²) >= 11 is 0. The zero-order valence-electron chi connectivity index (χ0n) is 14.3. The van der Waals surface area contributed by atoms with Crippen LogP contribution < -0.4 is 0 Å². The zero-order valence-corrected chi connectivity index (χ0v) is 14.3. The monoisotopic (exact) mass is 329 g/mol. The highest BCUT2D eigenvalue weighted by Gasteiger charge is 2.30. The number of nitrogens with one attached hydrogen (secondary N) is 1. The van der Waals surface area contributed by atoms with Crippen LogP contribution in [0.15, 0.2) is 24.8 Å². The standard InChI is InChI=1S/C17H23N5O2/c1-17(2,3)24-16(23)22-8-4-5-12(11-22)14-15(19-7-6-18-14)13-9-20-21-10-13/h6-7,9-10,12H,4-5,8,11H2,1-3H3,(H,20,21)/t12-/m1/s1. The molecule has 2 aromatic heterocycles. The second-order valence-electron chi connectivity index (χ2n) is 7.04. The molecule has 128 valence electrons. The molecular formula is C17H23N5O2. The first-order chi connectivity index (χ1) is 11.4. The first-order valence-corrected chi connectivity index (χ1v) is 8.22. The number of likely N-dealkylation sites (tertiary alicyclic amines) is 1. The van der Waals surface area contributed by atoms with Crippen molar-refractivity contribution in [2.45, 2.75) is 45.1 Å². The lowest BCUT2D eigenvalue weighted by atomic mass is 9.92.